The summed E-state index contributed by atoms with van der Waals surface area (Å²) in [6, 6.07) is 8.32. The van der Waals surface area contributed by atoms with Gasteiger partial charge in [-0.25, -0.2) is 0 Å². The summed E-state index contributed by atoms with van der Waals surface area (Å²) >= 11 is 0. The first-order chi connectivity index (χ1) is 13.6. The van der Waals surface area contributed by atoms with Gasteiger partial charge in [0.2, 0.25) is 11.8 Å². The van der Waals surface area contributed by atoms with Gasteiger partial charge in [0, 0.05) is 56.4 Å². The van der Waals surface area contributed by atoms with Crippen molar-refractivity contribution in [3.05, 3.63) is 29.8 Å². The summed E-state index contributed by atoms with van der Waals surface area (Å²) in [7, 11) is 0. The maximum Gasteiger partial charge on any atom is 0.225 e. The van der Waals surface area contributed by atoms with Crippen molar-refractivity contribution in [3.8, 4) is 0 Å². The van der Waals surface area contributed by atoms with E-state index in [1.807, 2.05) is 0 Å². The molecule has 2 unspecified atom stereocenters. The molecule has 7 nitrogen and oxygen atoms in total. The summed E-state index contributed by atoms with van der Waals surface area (Å²) in [6.07, 6.45) is 2.58. The molecule has 4 N–H and O–H groups in total. The molecule has 7 heteroatoms. The van der Waals surface area contributed by atoms with Crippen LogP contribution in [0.15, 0.2) is 24.3 Å². The average Bonchev–Trinajstić information content (AvgIpc) is 3.37. The number of carbonyl (C=O) groups excluding carboxylic acids is 2. The van der Waals surface area contributed by atoms with Crippen molar-refractivity contribution in [1.29, 1.82) is 0 Å². The zero-order chi connectivity index (χ0) is 19.6. The van der Waals surface area contributed by atoms with Crippen LogP contribution in [0.4, 0.5) is 5.69 Å². The molecule has 152 valence electrons. The topological polar surface area (TPSA) is 96.7 Å². The van der Waals surface area contributed by atoms with E-state index in [-0.39, 0.29) is 29.1 Å². The van der Waals surface area contributed by atoms with E-state index >= 15 is 0 Å². The number of piperidine rings is 1. The van der Waals surface area contributed by atoms with Crippen molar-refractivity contribution in [2.75, 3.05) is 44.3 Å². The molecule has 28 heavy (non-hydrogen) atoms. The Labute approximate surface area is 166 Å². The van der Waals surface area contributed by atoms with Gasteiger partial charge in [-0.15, -0.1) is 0 Å². The molecule has 0 aromatic heterocycles. The summed E-state index contributed by atoms with van der Waals surface area (Å²) < 4.78 is 5.57. The summed E-state index contributed by atoms with van der Waals surface area (Å²) in [5.74, 6) is -0.0764. The van der Waals surface area contributed by atoms with Crippen LogP contribution in [0.3, 0.4) is 0 Å². The lowest BCUT2D eigenvalue weighted by atomic mass is 9.77. The SMILES string of the molecule is NC(=O)C1CCN(c2ccc(CNC(=O)C3CNCC34CCOC4)cc2)CC1. The number of amides is 2. The number of hydrogen-bond donors (Lipinski definition) is 3. The van der Waals surface area contributed by atoms with Gasteiger partial charge in [0.15, 0.2) is 0 Å². The van der Waals surface area contributed by atoms with Gasteiger partial charge < -0.3 is 26.0 Å². The Hall–Kier alpha value is -2.12. The van der Waals surface area contributed by atoms with E-state index in [9.17, 15) is 9.59 Å². The smallest absolute Gasteiger partial charge is 0.225 e. The fraction of sp³-hybridized carbons (Fsp3) is 0.619. The fourth-order valence-electron chi connectivity index (χ4n) is 4.77. The van der Waals surface area contributed by atoms with Crippen LogP contribution in [0.2, 0.25) is 0 Å². The van der Waals surface area contributed by atoms with E-state index < -0.39 is 0 Å². The van der Waals surface area contributed by atoms with Gasteiger partial charge in [-0.1, -0.05) is 12.1 Å². The maximum atomic E-state index is 12.7. The third kappa shape index (κ3) is 3.86. The molecule has 0 saturated carbocycles. The molecule has 2 atom stereocenters. The first-order valence-electron chi connectivity index (χ1n) is 10.3. The highest BCUT2D eigenvalue weighted by atomic mass is 16.5. The highest BCUT2D eigenvalue weighted by molar-refractivity contribution is 5.80. The van der Waals surface area contributed by atoms with E-state index in [2.05, 4.69) is 39.8 Å². The molecule has 0 aliphatic carbocycles. The molecule has 3 aliphatic rings. The van der Waals surface area contributed by atoms with E-state index in [1.165, 1.54) is 0 Å². The highest BCUT2D eigenvalue weighted by Crippen LogP contribution is 2.39. The highest BCUT2D eigenvalue weighted by Gasteiger charge is 2.49. The first-order valence-corrected chi connectivity index (χ1v) is 10.3. The monoisotopic (exact) mass is 386 g/mol. The molecule has 1 aromatic rings. The number of nitrogens with two attached hydrogens (primary N) is 1. The molecule has 3 heterocycles. The molecule has 2 amide bonds. The zero-order valence-electron chi connectivity index (χ0n) is 16.3. The zero-order valence-corrected chi connectivity index (χ0v) is 16.3. The van der Waals surface area contributed by atoms with E-state index in [1.54, 1.807) is 0 Å². The van der Waals surface area contributed by atoms with Crippen LogP contribution in [0.5, 0.6) is 0 Å². The molecule has 3 fully saturated rings. The van der Waals surface area contributed by atoms with Crippen LogP contribution >= 0.6 is 0 Å². The Morgan fingerprint density at radius 2 is 2.00 bits per heavy atom. The Morgan fingerprint density at radius 1 is 1.25 bits per heavy atom. The number of benzene rings is 1. The van der Waals surface area contributed by atoms with Crippen LogP contribution < -0.4 is 21.3 Å². The minimum absolute atomic E-state index is 0.00405. The molecule has 3 aliphatic heterocycles. The number of ether oxygens (including phenoxy) is 1. The molecule has 3 saturated heterocycles. The van der Waals surface area contributed by atoms with Crippen molar-refractivity contribution >= 4 is 17.5 Å². The molecule has 4 rings (SSSR count). The molecular formula is C21H30N4O3. The normalized spacial score (nSPS) is 28.0. The van der Waals surface area contributed by atoms with Crippen molar-refractivity contribution in [1.82, 2.24) is 10.6 Å². The van der Waals surface area contributed by atoms with Crippen LogP contribution in [-0.4, -0.2) is 51.2 Å². The van der Waals surface area contributed by atoms with Crippen LogP contribution in [-0.2, 0) is 20.9 Å². The number of nitrogens with zero attached hydrogens (tertiary/aromatic N) is 1. The summed E-state index contributed by atoms with van der Waals surface area (Å²) in [6.45, 7) is 5.27. The third-order valence-corrected chi connectivity index (χ3v) is 6.68. The van der Waals surface area contributed by atoms with Gasteiger partial charge in [0.05, 0.1) is 12.5 Å². The fourth-order valence-corrected chi connectivity index (χ4v) is 4.77. The Morgan fingerprint density at radius 3 is 2.64 bits per heavy atom. The first kappa shape index (κ1) is 19.2. The van der Waals surface area contributed by atoms with Gasteiger partial charge in [0.25, 0.3) is 0 Å². The largest absolute Gasteiger partial charge is 0.381 e. The van der Waals surface area contributed by atoms with Crippen LogP contribution in [0.25, 0.3) is 0 Å². The van der Waals surface area contributed by atoms with Gasteiger partial charge in [0.1, 0.15) is 0 Å². The minimum atomic E-state index is -0.186. The van der Waals surface area contributed by atoms with Crippen molar-refractivity contribution in [3.63, 3.8) is 0 Å². The lowest BCUT2D eigenvalue weighted by Gasteiger charge is -2.32. The Balaban J connectivity index is 1.29. The van der Waals surface area contributed by atoms with Gasteiger partial charge in [-0.05, 0) is 37.0 Å². The summed E-state index contributed by atoms with van der Waals surface area (Å²) in [5, 5.41) is 6.47. The lowest BCUT2D eigenvalue weighted by molar-refractivity contribution is -0.127. The van der Waals surface area contributed by atoms with E-state index in [0.717, 1.165) is 63.3 Å². The van der Waals surface area contributed by atoms with Crippen molar-refractivity contribution in [2.45, 2.75) is 25.8 Å². The predicted molar refractivity (Wildman–Crippen MR) is 107 cm³/mol. The second-order valence-corrected chi connectivity index (χ2v) is 8.40. The van der Waals surface area contributed by atoms with Crippen molar-refractivity contribution in [2.24, 2.45) is 23.0 Å². The van der Waals surface area contributed by atoms with E-state index in [0.29, 0.717) is 13.2 Å². The van der Waals surface area contributed by atoms with E-state index in [4.69, 9.17) is 10.5 Å². The quantitative estimate of drug-likeness (QED) is 0.690. The second-order valence-electron chi connectivity index (χ2n) is 8.40. The maximum absolute atomic E-state index is 12.7. The molecule has 0 bridgehead atoms. The molecule has 1 spiro atoms. The number of anilines is 1. The van der Waals surface area contributed by atoms with Crippen molar-refractivity contribution < 1.29 is 14.3 Å². The Bertz CT molecular complexity index is 701. The number of carbonyl (C=O) groups is 2. The number of primary amides is 1. The molecular weight excluding hydrogens is 356 g/mol. The standard InChI is InChI=1S/C21H30N4O3/c22-19(26)16-5-8-25(9-6-16)17-3-1-15(2-4-17)11-24-20(27)18-12-23-13-21(18)7-10-28-14-21/h1-4,16,18,23H,5-14H2,(H2,22,26)(H,24,27). The van der Waals surface area contributed by atoms with Gasteiger partial charge >= 0.3 is 0 Å². The number of nitrogens with one attached hydrogen (secondary N) is 2. The minimum Gasteiger partial charge on any atom is -0.381 e. The van der Waals surface area contributed by atoms with Crippen LogP contribution in [0.1, 0.15) is 24.8 Å². The molecule has 1 aromatic carbocycles. The number of rotatable bonds is 5. The lowest BCUT2D eigenvalue weighted by Crippen LogP contribution is -2.41. The Kier molecular flexibility index (Phi) is 5.55. The second kappa shape index (κ2) is 8.09. The third-order valence-electron chi connectivity index (χ3n) is 6.68. The van der Waals surface area contributed by atoms with Gasteiger partial charge in [-0.3, -0.25) is 9.59 Å². The summed E-state index contributed by atoms with van der Waals surface area (Å²) in [4.78, 5) is 26.3. The average molecular weight is 386 g/mol. The molecule has 0 radical (unpaired) electrons. The van der Waals surface area contributed by atoms with Gasteiger partial charge in [-0.2, -0.15) is 0 Å². The van der Waals surface area contributed by atoms with Crippen LogP contribution in [0, 0.1) is 17.3 Å². The summed E-state index contributed by atoms with van der Waals surface area (Å²) in [5.41, 5.74) is 7.63. The number of hydrogen-bond acceptors (Lipinski definition) is 5. The predicted octanol–water partition coefficient (Wildman–Crippen LogP) is 0.631.